The molecule has 2 rings (SSSR count). The lowest BCUT2D eigenvalue weighted by molar-refractivity contribution is 0.151. The molecular formula is C20H35F. The van der Waals surface area contributed by atoms with Crippen LogP contribution in [0.5, 0.6) is 0 Å². The third kappa shape index (κ3) is 5.75. The van der Waals surface area contributed by atoms with Crippen molar-refractivity contribution in [2.24, 2.45) is 23.7 Å². The van der Waals surface area contributed by atoms with Crippen molar-refractivity contribution in [3.63, 3.8) is 0 Å². The Balaban J connectivity index is 1.64. The lowest BCUT2D eigenvalue weighted by Gasteiger charge is -2.37. The van der Waals surface area contributed by atoms with Gasteiger partial charge in [0.05, 0.1) is 6.67 Å². The van der Waals surface area contributed by atoms with Crippen molar-refractivity contribution in [2.75, 3.05) is 6.67 Å². The first-order valence-electron chi connectivity index (χ1n) is 9.56. The molecule has 0 nitrogen and oxygen atoms in total. The molecule has 0 atom stereocenters. The van der Waals surface area contributed by atoms with E-state index in [2.05, 4.69) is 19.1 Å². The zero-order valence-electron chi connectivity index (χ0n) is 14.0. The molecule has 122 valence electrons. The lowest BCUT2D eigenvalue weighted by Crippen LogP contribution is -2.25. The summed E-state index contributed by atoms with van der Waals surface area (Å²) in [5.74, 6) is 3.82. The number of unbranched alkanes of at least 4 members (excludes halogenated alkanes) is 1. The number of rotatable bonds is 7. The second-order valence-electron chi connectivity index (χ2n) is 7.50. The first-order chi connectivity index (χ1) is 10.3. The normalized spacial score (nSPS) is 34.4. The molecule has 0 N–H and O–H groups in total. The molecule has 1 heteroatoms. The summed E-state index contributed by atoms with van der Waals surface area (Å²) in [5.41, 5.74) is 0. The highest BCUT2D eigenvalue weighted by atomic mass is 19.1. The van der Waals surface area contributed by atoms with Crippen molar-refractivity contribution >= 4 is 0 Å². The van der Waals surface area contributed by atoms with Crippen LogP contribution in [0.25, 0.3) is 0 Å². The van der Waals surface area contributed by atoms with Crippen molar-refractivity contribution in [3.05, 3.63) is 12.2 Å². The predicted octanol–water partition coefficient (Wildman–Crippen LogP) is 6.71. The molecule has 0 saturated heterocycles. The maximum Gasteiger partial charge on any atom is 0.0928 e. The van der Waals surface area contributed by atoms with Crippen LogP contribution in [0.4, 0.5) is 4.39 Å². The molecule has 2 aliphatic carbocycles. The summed E-state index contributed by atoms with van der Waals surface area (Å²) < 4.78 is 12.1. The van der Waals surface area contributed by atoms with E-state index in [0.717, 1.165) is 23.7 Å². The highest BCUT2D eigenvalue weighted by Crippen LogP contribution is 2.42. The SMILES string of the molecule is CCCCC1CCC(C2CCC(C=CCCF)CC2)CC1. The van der Waals surface area contributed by atoms with Crippen molar-refractivity contribution in [2.45, 2.75) is 84.0 Å². The fourth-order valence-corrected chi connectivity index (χ4v) is 4.60. The molecule has 2 aliphatic rings. The second-order valence-corrected chi connectivity index (χ2v) is 7.50. The van der Waals surface area contributed by atoms with Crippen molar-refractivity contribution in [1.82, 2.24) is 0 Å². The summed E-state index contributed by atoms with van der Waals surface area (Å²) in [6.45, 7) is 2.11. The van der Waals surface area contributed by atoms with E-state index in [1.165, 1.54) is 70.6 Å². The van der Waals surface area contributed by atoms with E-state index in [0.29, 0.717) is 6.42 Å². The lowest BCUT2D eigenvalue weighted by atomic mass is 9.68. The van der Waals surface area contributed by atoms with Crippen LogP contribution in [0.2, 0.25) is 0 Å². The number of alkyl halides is 1. The molecule has 2 saturated carbocycles. The fraction of sp³-hybridized carbons (Fsp3) is 0.900. The number of hydrogen-bond donors (Lipinski definition) is 0. The molecule has 0 bridgehead atoms. The van der Waals surface area contributed by atoms with E-state index in [4.69, 9.17) is 0 Å². The van der Waals surface area contributed by atoms with Crippen molar-refractivity contribution in [3.8, 4) is 0 Å². The second kappa shape index (κ2) is 9.64. The van der Waals surface area contributed by atoms with E-state index >= 15 is 0 Å². The zero-order chi connectivity index (χ0) is 14.9. The van der Waals surface area contributed by atoms with Gasteiger partial charge in [0.15, 0.2) is 0 Å². The Labute approximate surface area is 131 Å². The molecule has 0 heterocycles. The van der Waals surface area contributed by atoms with Gasteiger partial charge in [-0.3, -0.25) is 4.39 Å². The smallest absolute Gasteiger partial charge is 0.0928 e. The summed E-state index contributed by atoms with van der Waals surface area (Å²) in [7, 11) is 0. The van der Waals surface area contributed by atoms with Gasteiger partial charge in [-0.15, -0.1) is 0 Å². The summed E-state index contributed by atoms with van der Waals surface area (Å²) in [6.07, 6.45) is 20.8. The summed E-state index contributed by atoms with van der Waals surface area (Å²) in [4.78, 5) is 0. The largest absolute Gasteiger partial charge is 0.251 e. The summed E-state index contributed by atoms with van der Waals surface area (Å²) >= 11 is 0. The molecule has 0 aromatic carbocycles. The van der Waals surface area contributed by atoms with Gasteiger partial charge in [0, 0.05) is 0 Å². The van der Waals surface area contributed by atoms with Gasteiger partial charge in [0.25, 0.3) is 0 Å². The number of hydrogen-bond acceptors (Lipinski definition) is 0. The van der Waals surface area contributed by atoms with Gasteiger partial charge in [-0.05, 0) is 68.6 Å². The number of allylic oxidation sites excluding steroid dienone is 2. The average Bonchev–Trinajstić information content (AvgIpc) is 2.54. The number of halogens is 1. The van der Waals surface area contributed by atoms with Crippen LogP contribution < -0.4 is 0 Å². The van der Waals surface area contributed by atoms with Crippen LogP contribution in [0, 0.1) is 23.7 Å². The highest BCUT2D eigenvalue weighted by Gasteiger charge is 2.29. The minimum atomic E-state index is -0.201. The van der Waals surface area contributed by atoms with Crippen molar-refractivity contribution < 1.29 is 4.39 Å². The molecule has 0 spiro atoms. The molecular weight excluding hydrogens is 259 g/mol. The minimum Gasteiger partial charge on any atom is -0.251 e. The van der Waals surface area contributed by atoms with E-state index < -0.39 is 0 Å². The van der Waals surface area contributed by atoms with Gasteiger partial charge in [-0.2, -0.15) is 0 Å². The molecule has 0 amide bonds. The molecule has 0 unspecified atom stereocenters. The van der Waals surface area contributed by atoms with Gasteiger partial charge in [0.2, 0.25) is 0 Å². The van der Waals surface area contributed by atoms with Crippen LogP contribution in [0.3, 0.4) is 0 Å². The minimum absolute atomic E-state index is 0.201. The Morgan fingerprint density at radius 2 is 1.52 bits per heavy atom. The van der Waals surface area contributed by atoms with Crippen LogP contribution in [-0.4, -0.2) is 6.67 Å². The Hall–Kier alpha value is -0.330. The van der Waals surface area contributed by atoms with Gasteiger partial charge in [-0.25, -0.2) is 0 Å². The Morgan fingerprint density at radius 3 is 2.10 bits per heavy atom. The molecule has 21 heavy (non-hydrogen) atoms. The molecule has 2 fully saturated rings. The monoisotopic (exact) mass is 294 g/mol. The topological polar surface area (TPSA) is 0 Å². The maximum atomic E-state index is 12.1. The molecule has 0 aromatic rings. The van der Waals surface area contributed by atoms with Crippen LogP contribution in [0.15, 0.2) is 12.2 Å². The highest BCUT2D eigenvalue weighted by molar-refractivity contribution is 4.92. The summed E-state index contributed by atoms with van der Waals surface area (Å²) in [5, 5.41) is 0. The Morgan fingerprint density at radius 1 is 0.905 bits per heavy atom. The van der Waals surface area contributed by atoms with Crippen LogP contribution in [0.1, 0.15) is 84.0 Å². The fourth-order valence-electron chi connectivity index (χ4n) is 4.60. The van der Waals surface area contributed by atoms with Gasteiger partial charge < -0.3 is 0 Å². The van der Waals surface area contributed by atoms with Gasteiger partial charge >= 0.3 is 0 Å². The third-order valence-corrected chi connectivity index (χ3v) is 6.02. The van der Waals surface area contributed by atoms with Crippen LogP contribution >= 0.6 is 0 Å². The molecule has 0 aromatic heterocycles. The Kier molecular flexibility index (Phi) is 7.82. The Bertz CT molecular complexity index is 280. The van der Waals surface area contributed by atoms with Gasteiger partial charge in [-0.1, -0.05) is 51.2 Å². The predicted molar refractivity (Wildman–Crippen MR) is 90.2 cm³/mol. The van der Waals surface area contributed by atoms with E-state index in [-0.39, 0.29) is 6.67 Å². The zero-order valence-corrected chi connectivity index (χ0v) is 14.0. The molecule has 0 radical (unpaired) electrons. The first kappa shape index (κ1) is 17.0. The van der Waals surface area contributed by atoms with E-state index in [1.807, 2.05) is 0 Å². The van der Waals surface area contributed by atoms with Crippen molar-refractivity contribution in [1.29, 1.82) is 0 Å². The standard InChI is InChI=1S/C20H35F/c1-2-3-6-17-8-12-19(13-9-17)20-14-10-18(11-15-20)7-4-5-16-21/h4,7,17-20H,2-3,5-6,8-16H2,1H3. The van der Waals surface area contributed by atoms with E-state index in [9.17, 15) is 4.39 Å². The summed E-state index contributed by atoms with van der Waals surface area (Å²) in [6, 6.07) is 0. The van der Waals surface area contributed by atoms with Crippen LogP contribution in [-0.2, 0) is 0 Å². The van der Waals surface area contributed by atoms with Gasteiger partial charge in [0.1, 0.15) is 0 Å². The first-order valence-corrected chi connectivity index (χ1v) is 9.56. The quantitative estimate of drug-likeness (QED) is 0.458. The molecule has 0 aliphatic heterocycles. The third-order valence-electron chi connectivity index (χ3n) is 6.02. The van der Waals surface area contributed by atoms with E-state index in [1.54, 1.807) is 0 Å². The maximum absolute atomic E-state index is 12.1. The average molecular weight is 294 g/mol.